The van der Waals surface area contributed by atoms with Gasteiger partial charge in [0.05, 0.1) is 0 Å². The van der Waals surface area contributed by atoms with E-state index < -0.39 is 0 Å². The highest BCUT2D eigenvalue weighted by molar-refractivity contribution is 5.01. The van der Waals surface area contributed by atoms with Gasteiger partial charge in [-0.15, -0.1) is 0 Å². The minimum absolute atomic E-state index is 0.707. The maximum Gasteiger partial charge on any atom is -0.0323 e. The predicted molar refractivity (Wildman–Crippen MR) is 94.7 cm³/mol. The zero-order chi connectivity index (χ0) is 15.2. The van der Waals surface area contributed by atoms with Crippen molar-refractivity contribution in [3.05, 3.63) is 0 Å². The van der Waals surface area contributed by atoms with Gasteiger partial charge < -0.3 is 0 Å². The van der Waals surface area contributed by atoms with E-state index in [9.17, 15) is 0 Å². The van der Waals surface area contributed by atoms with Gasteiger partial charge in [-0.2, -0.15) is 0 Å². The molecular weight excluding hydrogens is 264 g/mol. The molecule has 0 aliphatic heterocycles. The molecule has 126 valence electrons. The molecule has 0 radical (unpaired) electrons. The second-order valence-electron chi connectivity index (χ2n) is 9.98. The monoisotopic (exact) mass is 302 g/mol. The van der Waals surface area contributed by atoms with Crippen LogP contribution in [0.4, 0.5) is 0 Å². The Morgan fingerprint density at radius 1 is 0.727 bits per heavy atom. The van der Waals surface area contributed by atoms with Crippen LogP contribution >= 0.6 is 0 Å². The molecule has 22 heavy (non-hydrogen) atoms. The van der Waals surface area contributed by atoms with Crippen LogP contribution in [-0.2, 0) is 0 Å². The van der Waals surface area contributed by atoms with Gasteiger partial charge in [0.15, 0.2) is 0 Å². The normalized spacial score (nSPS) is 47.7. The third kappa shape index (κ3) is 2.67. The van der Waals surface area contributed by atoms with Crippen LogP contribution in [0.3, 0.4) is 0 Å². The Labute approximate surface area is 138 Å². The molecule has 4 fully saturated rings. The van der Waals surface area contributed by atoms with E-state index in [1.807, 2.05) is 0 Å². The molecule has 4 saturated carbocycles. The molecule has 4 aliphatic carbocycles. The molecule has 0 amide bonds. The lowest BCUT2D eigenvalue weighted by atomic mass is 9.62. The standard InChI is InChI=1S/C22H38/c1-16-18-10-4-5-11-19(18)20-12-8-9-17(21(16)20)15-22(2)13-6-3-7-14-22/h16-21H,3-15H2,1-2H3. The molecule has 4 rings (SSSR count). The van der Waals surface area contributed by atoms with Crippen molar-refractivity contribution in [2.75, 3.05) is 0 Å². The number of rotatable bonds is 2. The van der Waals surface area contributed by atoms with Crippen LogP contribution in [0.5, 0.6) is 0 Å². The van der Waals surface area contributed by atoms with Gasteiger partial charge in [0.2, 0.25) is 0 Å². The maximum absolute atomic E-state index is 2.66. The van der Waals surface area contributed by atoms with Crippen LogP contribution < -0.4 is 0 Å². The van der Waals surface area contributed by atoms with Crippen molar-refractivity contribution in [2.45, 2.75) is 97.3 Å². The summed E-state index contributed by atoms with van der Waals surface area (Å²) in [6.45, 7) is 5.30. The fourth-order valence-corrected chi connectivity index (χ4v) is 7.81. The molecule has 0 aromatic carbocycles. The lowest BCUT2D eigenvalue weighted by Gasteiger charge is -2.44. The summed E-state index contributed by atoms with van der Waals surface area (Å²) in [6.07, 6.45) is 20.1. The van der Waals surface area contributed by atoms with Gasteiger partial charge in [-0.1, -0.05) is 58.8 Å². The highest BCUT2D eigenvalue weighted by atomic mass is 14.6. The van der Waals surface area contributed by atoms with Crippen LogP contribution in [-0.4, -0.2) is 0 Å². The summed E-state index contributed by atoms with van der Waals surface area (Å²) in [5.41, 5.74) is 0.707. The van der Waals surface area contributed by atoms with Crippen molar-refractivity contribution in [1.82, 2.24) is 0 Å². The molecule has 0 spiro atoms. The molecule has 6 atom stereocenters. The Hall–Kier alpha value is 0. The fourth-order valence-electron chi connectivity index (χ4n) is 7.81. The number of fused-ring (bicyclic) bond motifs is 3. The van der Waals surface area contributed by atoms with Crippen molar-refractivity contribution >= 4 is 0 Å². The van der Waals surface area contributed by atoms with E-state index in [-0.39, 0.29) is 0 Å². The molecule has 0 saturated heterocycles. The zero-order valence-corrected chi connectivity index (χ0v) is 15.2. The van der Waals surface area contributed by atoms with Gasteiger partial charge in [-0.25, -0.2) is 0 Å². The van der Waals surface area contributed by atoms with Crippen LogP contribution in [0.2, 0.25) is 0 Å². The summed E-state index contributed by atoms with van der Waals surface area (Å²) < 4.78 is 0. The Kier molecular flexibility index (Phi) is 4.33. The smallest absolute Gasteiger partial charge is 0.0323 e. The Morgan fingerprint density at radius 2 is 1.41 bits per heavy atom. The van der Waals surface area contributed by atoms with Crippen molar-refractivity contribution < 1.29 is 0 Å². The first-order chi connectivity index (χ1) is 10.7. The second-order valence-corrected chi connectivity index (χ2v) is 9.98. The molecule has 0 N–H and O–H groups in total. The zero-order valence-electron chi connectivity index (χ0n) is 15.2. The summed E-state index contributed by atoms with van der Waals surface area (Å²) in [4.78, 5) is 0. The molecule has 0 bridgehead atoms. The first-order valence-electron chi connectivity index (χ1n) is 10.7. The lowest BCUT2D eigenvalue weighted by Crippen LogP contribution is -2.34. The second kappa shape index (κ2) is 6.14. The third-order valence-electron chi connectivity index (χ3n) is 8.67. The van der Waals surface area contributed by atoms with Crippen molar-refractivity contribution in [3.63, 3.8) is 0 Å². The summed E-state index contributed by atoms with van der Waals surface area (Å²) in [6, 6.07) is 0. The van der Waals surface area contributed by atoms with Crippen molar-refractivity contribution in [2.24, 2.45) is 40.9 Å². The van der Waals surface area contributed by atoms with Gasteiger partial charge in [0.1, 0.15) is 0 Å². The van der Waals surface area contributed by atoms with Crippen LogP contribution in [0, 0.1) is 40.9 Å². The van der Waals surface area contributed by atoms with E-state index in [4.69, 9.17) is 0 Å². The topological polar surface area (TPSA) is 0 Å². The molecule has 6 unspecified atom stereocenters. The van der Waals surface area contributed by atoms with Gasteiger partial charge in [0.25, 0.3) is 0 Å². The Bertz CT molecular complexity index is 377. The molecule has 0 nitrogen and oxygen atoms in total. The molecule has 0 heterocycles. The third-order valence-corrected chi connectivity index (χ3v) is 8.67. The summed E-state index contributed by atoms with van der Waals surface area (Å²) >= 11 is 0. The van der Waals surface area contributed by atoms with E-state index in [1.54, 1.807) is 44.9 Å². The predicted octanol–water partition coefficient (Wildman–Crippen LogP) is 6.84. The van der Waals surface area contributed by atoms with Crippen LogP contribution in [0.15, 0.2) is 0 Å². The summed E-state index contributed by atoms with van der Waals surface area (Å²) in [7, 11) is 0. The average Bonchev–Trinajstić information content (AvgIpc) is 2.83. The van der Waals surface area contributed by atoms with Gasteiger partial charge in [0, 0.05) is 0 Å². The van der Waals surface area contributed by atoms with Gasteiger partial charge in [-0.05, 0) is 79.4 Å². The summed E-state index contributed by atoms with van der Waals surface area (Å²) in [5.74, 6) is 6.63. The van der Waals surface area contributed by atoms with E-state index in [2.05, 4.69) is 13.8 Å². The van der Waals surface area contributed by atoms with Crippen molar-refractivity contribution in [1.29, 1.82) is 0 Å². The van der Waals surface area contributed by atoms with Gasteiger partial charge in [-0.3, -0.25) is 0 Å². The molecular formula is C22H38. The van der Waals surface area contributed by atoms with E-state index in [0.29, 0.717) is 5.41 Å². The number of hydrogen-bond acceptors (Lipinski definition) is 0. The average molecular weight is 303 g/mol. The quantitative estimate of drug-likeness (QED) is 0.524. The Balaban J connectivity index is 1.51. The molecule has 0 aromatic heterocycles. The van der Waals surface area contributed by atoms with E-state index in [1.165, 1.54) is 38.5 Å². The largest absolute Gasteiger partial charge is 0.0619 e. The number of hydrogen-bond donors (Lipinski definition) is 0. The minimum Gasteiger partial charge on any atom is -0.0619 e. The van der Waals surface area contributed by atoms with Crippen LogP contribution in [0.1, 0.15) is 97.3 Å². The lowest BCUT2D eigenvalue weighted by molar-refractivity contribution is 0.0657. The SMILES string of the molecule is CC1C2CCCCC2C2CCCC(CC3(C)CCCCC3)C12. The Morgan fingerprint density at radius 3 is 2.18 bits per heavy atom. The maximum atomic E-state index is 2.66. The van der Waals surface area contributed by atoms with E-state index >= 15 is 0 Å². The van der Waals surface area contributed by atoms with Gasteiger partial charge >= 0.3 is 0 Å². The molecule has 4 aliphatic rings. The first-order valence-corrected chi connectivity index (χ1v) is 10.7. The fraction of sp³-hybridized carbons (Fsp3) is 1.00. The van der Waals surface area contributed by atoms with E-state index in [0.717, 1.165) is 35.5 Å². The van der Waals surface area contributed by atoms with Crippen molar-refractivity contribution in [3.8, 4) is 0 Å². The summed E-state index contributed by atoms with van der Waals surface area (Å²) in [5, 5.41) is 0. The molecule has 0 heteroatoms. The molecule has 0 aromatic rings. The highest BCUT2D eigenvalue weighted by Crippen LogP contribution is 2.60. The van der Waals surface area contributed by atoms with Crippen LogP contribution in [0.25, 0.3) is 0 Å². The first kappa shape index (κ1) is 15.5. The minimum atomic E-state index is 0.707. The highest BCUT2D eigenvalue weighted by Gasteiger charge is 2.52.